The first-order valence-corrected chi connectivity index (χ1v) is 10.9. The second-order valence-electron chi connectivity index (χ2n) is 9.20. The largest absolute Gasteiger partial charge is 0.465 e. The van der Waals surface area contributed by atoms with Crippen molar-refractivity contribution >= 4 is 23.2 Å². The van der Waals surface area contributed by atoms with Crippen molar-refractivity contribution in [3.63, 3.8) is 0 Å². The highest BCUT2D eigenvalue weighted by Crippen LogP contribution is 2.49. The fourth-order valence-corrected chi connectivity index (χ4v) is 4.62. The van der Waals surface area contributed by atoms with E-state index in [0.29, 0.717) is 35.4 Å². The molecule has 3 rings (SSSR count). The van der Waals surface area contributed by atoms with Crippen molar-refractivity contribution in [2.24, 2.45) is 16.3 Å². The van der Waals surface area contributed by atoms with Crippen LogP contribution in [0.4, 0.5) is 5.69 Å². The van der Waals surface area contributed by atoms with Gasteiger partial charge in [-0.25, -0.2) is 0 Å². The van der Waals surface area contributed by atoms with Crippen LogP contribution >= 0.6 is 0 Å². The highest BCUT2D eigenvalue weighted by molar-refractivity contribution is 6.09. The van der Waals surface area contributed by atoms with Crippen LogP contribution in [0.1, 0.15) is 71.3 Å². The number of esters is 1. The van der Waals surface area contributed by atoms with Crippen LogP contribution in [-0.2, 0) is 14.3 Å². The van der Waals surface area contributed by atoms with Crippen molar-refractivity contribution in [1.82, 2.24) is 0 Å². The number of hydrogen-bond acceptors (Lipinski definition) is 6. The molecule has 7 heteroatoms. The lowest BCUT2D eigenvalue weighted by Crippen LogP contribution is -2.39. The second-order valence-corrected chi connectivity index (χ2v) is 9.20. The predicted molar refractivity (Wildman–Crippen MR) is 118 cm³/mol. The number of nitrogens with zero attached hydrogens (tertiary/aromatic N) is 2. The molecule has 1 aromatic rings. The number of ketones is 1. The molecule has 0 N–H and O–H groups in total. The highest BCUT2D eigenvalue weighted by atomic mass is 16.6. The summed E-state index contributed by atoms with van der Waals surface area (Å²) in [6, 6.07) is 6.34. The molecule has 31 heavy (non-hydrogen) atoms. The van der Waals surface area contributed by atoms with Crippen molar-refractivity contribution in [3.05, 3.63) is 51.2 Å². The van der Waals surface area contributed by atoms with Crippen LogP contribution in [0.2, 0.25) is 0 Å². The number of rotatable bonds is 7. The molecular formula is C24H30N2O5. The Morgan fingerprint density at radius 1 is 1.26 bits per heavy atom. The van der Waals surface area contributed by atoms with Gasteiger partial charge in [0, 0.05) is 41.0 Å². The standard InChI is InChI=1S/C24H30N2O5/c1-5-6-9-12-31-23(28)20-15(2)25-17-13-24(3,4)14-19(27)22(17)21(20)16-10-7-8-11-18(16)26(29)30/h7-8,10-11,20-21H,5-6,9,12-14H2,1-4H3/t20?,21-/m0/s1. The average molecular weight is 427 g/mol. The van der Waals surface area contributed by atoms with Crippen LogP contribution in [0.25, 0.3) is 0 Å². The number of nitro groups is 1. The van der Waals surface area contributed by atoms with Gasteiger partial charge in [0.05, 0.1) is 11.5 Å². The summed E-state index contributed by atoms with van der Waals surface area (Å²) in [6.45, 7) is 8.11. The van der Waals surface area contributed by atoms with Gasteiger partial charge >= 0.3 is 5.97 Å². The molecule has 0 aromatic heterocycles. The van der Waals surface area contributed by atoms with Gasteiger partial charge in [0.1, 0.15) is 5.92 Å². The SMILES string of the molecule is CCCCCOC(=O)C1C(C)=NC2=C(C(=O)CC(C)(C)C2)[C@H]1c1ccccc1[N+](=O)[O-]. The Morgan fingerprint density at radius 2 is 1.97 bits per heavy atom. The first kappa shape index (κ1) is 22.8. The van der Waals surface area contributed by atoms with Gasteiger partial charge in [-0.1, -0.05) is 51.8 Å². The topological polar surface area (TPSA) is 98.9 Å². The number of nitro benzene ring substituents is 1. The van der Waals surface area contributed by atoms with Crippen LogP contribution in [-0.4, -0.2) is 29.0 Å². The lowest BCUT2D eigenvalue weighted by molar-refractivity contribution is -0.385. The van der Waals surface area contributed by atoms with Crippen molar-refractivity contribution in [2.75, 3.05) is 6.61 Å². The molecule has 7 nitrogen and oxygen atoms in total. The highest BCUT2D eigenvalue weighted by Gasteiger charge is 2.47. The van der Waals surface area contributed by atoms with Crippen LogP contribution < -0.4 is 0 Å². The molecule has 2 aliphatic rings. The van der Waals surface area contributed by atoms with Crippen molar-refractivity contribution < 1.29 is 19.2 Å². The lowest BCUT2D eigenvalue weighted by atomic mass is 9.66. The zero-order chi connectivity index (χ0) is 22.8. The van der Waals surface area contributed by atoms with Gasteiger partial charge < -0.3 is 4.74 Å². The van der Waals surface area contributed by atoms with E-state index in [1.54, 1.807) is 25.1 Å². The van der Waals surface area contributed by atoms with Gasteiger partial charge in [-0.2, -0.15) is 0 Å². The van der Waals surface area contributed by atoms with Gasteiger partial charge in [0.15, 0.2) is 5.78 Å². The lowest BCUT2D eigenvalue weighted by Gasteiger charge is -2.38. The summed E-state index contributed by atoms with van der Waals surface area (Å²) in [5.74, 6) is -2.21. The van der Waals surface area contributed by atoms with Crippen molar-refractivity contribution in [2.45, 2.75) is 65.7 Å². The van der Waals surface area contributed by atoms with Crippen LogP contribution in [0.5, 0.6) is 0 Å². The molecule has 2 atom stereocenters. The smallest absolute Gasteiger partial charge is 0.315 e. The molecule has 0 bridgehead atoms. The Morgan fingerprint density at radius 3 is 2.65 bits per heavy atom. The Bertz CT molecular complexity index is 960. The Kier molecular flexibility index (Phi) is 6.72. The molecule has 0 fully saturated rings. The van der Waals surface area contributed by atoms with Gasteiger partial charge in [-0.05, 0) is 25.2 Å². The maximum absolute atomic E-state index is 13.2. The number of hydrogen-bond donors (Lipinski definition) is 0. The first-order chi connectivity index (χ1) is 14.7. The number of aliphatic imine (C=N–C) groups is 1. The fourth-order valence-electron chi connectivity index (χ4n) is 4.62. The van der Waals surface area contributed by atoms with E-state index in [-0.39, 0.29) is 23.5 Å². The van der Waals surface area contributed by atoms with Gasteiger partial charge in [0.25, 0.3) is 5.69 Å². The van der Waals surface area contributed by atoms with Gasteiger partial charge in [-0.3, -0.25) is 24.7 Å². The zero-order valence-electron chi connectivity index (χ0n) is 18.6. The predicted octanol–water partition coefficient (Wildman–Crippen LogP) is 5.15. The fraction of sp³-hybridized carbons (Fsp3) is 0.542. The van der Waals surface area contributed by atoms with E-state index in [1.165, 1.54) is 6.07 Å². The number of carbonyl (C=O) groups excluding carboxylic acids is 2. The monoisotopic (exact) mass is 426 g/mol. The van der Waals surface area contributed by atoms with E-state index in [2.05, 4.69) is 11.9 Å². The van der Waals surface area contributed by atoms with Crippen molar-refractivity contribution in [1.29, 1.82) is 0 Å². The Labute approximate surface area is 182 Å². The normalized spacial score (nSPS) is 22.6. The number of benzene rings is 1. The molecule has 1 aromatic carbocycles. The summed E-state index contributed by atoms with van der Waals surface area (Å²) in [7, 11) is 0. The summed E-state index contributed by atoms with van der Waals surface area (Å²) < 4.78 is 5.54. The average Bonchev–Trinajstić information content (AvgIpc) is 2.69. The zero-order valence-corrected chi connectivity index (χ0v) is 18.6. The number of ether oxygens (including phenoxy) is 1. The van der Waals surface area contributed by atoms with E-state index in [0.717, 1.165) is 19.3 Å². The molecule has 166 valence electrons. The molecule has 0 spiro atoms. The second kappa shape index (κ2) is 9.12. The maximum atomic E-state index is 13.2. The first-order valence-electron chi connectivity index (χ1n) is 10.9. The van der Waals surface area contributed by atoms with Crippen LogP contribution in [0.3, 0.4) is 0 Å². The minimum atomic E-state index is -0.855. The number of allylic oxidation sites excluding steroid dienone is 2. The number of carbonyl (C=O) groups is 2. The van der Waals surface area contributed by atoms with Crippen LogP contribution in [0, 0.1) is 21.4 Å². The summed E-state index contributed by atoms with van der Waals surface area (Å²) in [5, 5.41) is 11.8. The summed E-state index contributed by atoms with van der Waals surface area (Å²) in [6.07, 6.45) is 3.60. The number of unbranched alkanes of at least 4 members (excludes halogenated alkanes) is 2. The van der Waals surface area contributed by atoms with E-state index in [9.17, 15) is 19.7 Å². The molecule has 0 saturated heterocycles. The maximum Gasteiger partial charge on any atom is 0.315 e. The van der Waals surface area contributed by atoms with E-state index in [4.69, 9.17) is 4.74 Å². The molecule has 1 aliphatic heterocycles. The molecule has 0 saturated carbocycles. The van der Waals surface area contributed by atoms with E-state index < -0.39 is 22.7 Å². The third kappa shape index (κ3) is 4.75. The molecule has 1 heterocycles. The minimum Gasteiger partial charge on any atom is -0.465 e. The molecule has 0 radical (unpaired) electrons. The summed E-state index contributed by atoms with van der Waals surface area (Å²) >= 11 is 0. The molecular weight excluding hydrogens is 396 g/mol. The molecule has 1 aliphatic carbocycles. The van der Waals surface area contributed by atoms with Crippen LogP contribution in [0.15, 0.2) is 40.5 Å². The Balaban J connectivity index is 2.11. The minimum absolute atomic E-state index is 0.101. The van der Waals surface area contributed by atoms with E-state index in [1.807, 2.05) is 13.8 Å². The summed E-state index contributed by atoms with van der Waals surface area (Å²) in [4.78, 5) is 42.3. The van der Waals surface area contributed by atoms with Gasteiger partial charge in [0.2, 0.25) is 0 Å². The summed E-state index contributed by atoms with van der Waals surface area (Å²) in [5.41, 5.74) is 1.60. The van der Waals surface area contributed by atoms with Gasteiger partial charge in [-0.15, -0.1) is 0 Å². The Hall–Kier alpha value is -2.83. The quantitative estimate of drug-likeness (QED) is 0.260. The number of Topliss-reactive ketones (excluding diaryl/α,β-unsaturated/α-hetero) is 1. The van der Waals surface area contributed by atoms with E-state index >= 15 is 0 Å². The van der Waals surface area contributed by atoms with Crippen molar-refractivity contribution in [3.8, 4) is 0 Å². The third-order valence-corrected chi connectivity index (χ3v) is 6.02. The molecule has 0 amide bonds. The number of para-hydroxylation sites is 1. The molecule has 1 unspecified atom stereocenters. The third-order valence-electron chi connectivity index (χ3n) is 6.02.